The molecule has 7 nitrogen and oxygen atoms in total. The van der Waals surface area contributed by atoms with Crippen LogP contribution in [0.2, 0.25) is 0 Å². The smallest absolute Gasteiger partial charge is 0.257 e. The van der Waals surface area contributed by atoms with Crippen molar-refractivity contribution < 1.29 is 17.9 Å². The molecule has 0 spiro atoms. The summed E-state index contributed by atoms with van der Waals surface area (Å²) in [6.45, 7) is 5.99. The number of carbonyl (C=O) groups is 1. The molecular formula is C24H27N3O4S. The van der Waals surface area contributed by atoms with Crippen molar-refractivity contribution in [1.82, 2.24) is 8.87 Å². The molecule has 0 unspecified atom stereocenters. The summed E-state index contributed by atoms with van der Waals surface area (Å²) >= 11 is 0. The van der Waals surface area contributed by atoms with Crippen molar-refractivity contribution in [2.45, 2.75) is 25.3 Å². The van der Waals surface area contributed by atoms with Gasteiger partial charge in [-0.2, -0.15) is 4.31 Å². The van der Waals surface area contributed by atoms with Crippen molar-refractivity contribution >= 4 is 21.6 Å². The molecule has 0 bridgehead atoms. The van der Waals surface area contributed by atoms with Crippen LogP contribution < -0.4 is 5.32 Å². The highest BCUT2D eigenvalue weighted by molar-refractivity contribution is 7.89. The average Bonchev–Trinajstić information content (AvgIpc) is 3.09. The minimum Gasteiger partial charge on any atom is -0.379 e. The van der Waals surface area contributed by atoms with Crippen LogP contribution >= 0.6 is 0 Å². The van der Waals surface area contributed by atoms with Crippen molar-refractivity contribution in [2.24, 2.45) is 0 Å². The van der Waals surface area contributed by atoms with E-state index in [0.717, 1.165) is 17.0 Å². The first kappa shape index (κ1) is 22.3. The third-order valence-corrected chi connectivity index (χ3v) is 7.60. The van der Waals surface area contributed by atoms with E-state index in [0.29, 0.717) is 44.1 Å². The highest BCUT2D eigenvalue weighted by Crippen LogP contribution is 2.23. The van der Waals surface area contributed by atoms with E-state index < -0.39 is 10.0 Å². The molecule has 8 heteroatoms. The number of amides is 1. The SMILES string of the molecule is Cc1cc(C(=O)Nc2cccc(S(=O)(=O)N3CCOCC3)c2)c(C)n1Cc1ccccc1. The Bertz CT molecular complexity index is 1210. The molecule has 0 saturated carbocycles. The summed E-state index contributed by atoms with van der Waals surface area (Å²) in [5, 5.41) is 2.86. The number of hydrogen-bond donors (Lipinski definition) is 1. The van der Waals surface area contributed by atoms with Crippen LogP contribution in [0.15, 0.2) is 65.6 Å². The minimum absolute atomic E-state index is 0.159. The molecule has 168 valence electrons. The topological polar surface area (TPSA) is 80.6 Å². The zero-order chi connectivity index (χ0) is 22.7. The molecule has 1 N–H and O–H groups in total. The van der Waals surface area contributed by atoms with Crippen LogP contribution in [0.4, 0.5) is 5.69 Å². The fourth-order valence-electron chi connectivity index (χ4n) is 3.91. The summed E-state index contributed by atoms with van der Waals surface area (Å²) in [6, 6.07) is 18.3. The summed E-state index contributed by atoms with van der Waals surface area (Å²) in [7, 11) is -3.63. The van der Waals surface area contributed by atoms with Crippen LogP contribution in [0.25, 0.3) is 0 Å². The van der Waals surface area contributed by atoms with Crippen LogP contribution in [-0.4, -0.2) is 49.5 Å². The van der Waals surface area contributed by atoms with Gasteiger partial charge in [-0.25, -0.2) is 8.42 Å². The maximum Gasteiger partial charge on any atom is 0.257 e. The van der Waals surface area contributed by atoms with E-state index in [1.165, 1.54) is 10.4 Å². The van der Waals surface area contributed by atoms with Crippen LogP contribution in [0.1, 0.15) is 27.3 Å². The lowest BCUT2D eigenvalue weighted by Crippen LogP contribution is -2.40. The van der Waals surface area contributed by atoms with Gasteiger partial charge in [0.15, 0.2) is 0 Å². The first-order valence-electron chi connectivity index (χ1n) is 10.6. The number of benzene rings is 2. The van der Waals surface area contributed by atoms with Gasteiger partial charge in [0, 0.05) is 36.7 Å². The van der Waals surface area contributed by atoms with Gasteiger partial charge in [-0.3, -0.25) is 4.79 Å². The first-order chi connectivity index (χ1) is 15.4. The number of sulfonamides is 1. The van der Waals surface area contributed by atoms with Gasteiger partial charge in [-0.15, -0.1) is 0 Å². The average molecular weight is 454 g/mol. The fourth-order valence-corrected chi connectivity index (χ4v) is 5.36. The Morgan fingerprint density at radius 1 is 1.00 bits per heavy atom. The number of morpholine rings is 1. The van der Waals surface area contributed by atoms with Gasteiger partial charge >= 0.3 is 0 Å². The van der Waals surface area contributed by atoms with E-state index in [4.69, 9.17) is 4.74 Å². The second-order valence-corrected chi connectivity index (χ2v) is 9.79. The number of anilines is 1. The highest BCUT2D eigenvalue weighted by Gasteiger charge is 2.26. The van der Waals surface area contributed by atoms with Crippen molar-refractivity contribution in [1.29, 1.82) is 0 Å². The lowest BCUT2D eigenvalue weighted by atomic mass is 10.2. The van der Waals surface area contributed by atoms with Crippen molar-refractivity contribution in [3.8, 4) is 0 Å². The Kier molecular flexibility index (Phi) is 6.45. The van der Waals surface area contributed by atoms with Crippen molar-refractivity contribution in [3.63, 3.8) is 0 Å². The van der Waals surface area contributed by atoms with Gasteiger partial charge in [0.1, 0.15) is 0 Å². The maximum atomic E-state index is 13.0. The summed E-state index contributed by atoms with van der Waals surface area (Å²) in [6.07, 6.45) is 0. The highest BCUT2D eigenvalue weighted by atomic mass is 32.2. The predicted molar refractivity (Wildman–Crippen MR) is 123 cm³/mol. The largest absolute Gasteiger partial charge is 0.379 e. The zero-order valence-corrected chi connectivity index (χ0v) is 19.1. The number of rotatable bonds is 6. The Labute approximate surface area is 188 Å². The normalized spacial score (nSPS) is 14.9. The first-order valence-corrected chi connectivity index (χ1v) is 12.0. The molecule has 1 fully saturated rings. The molecule has 0 aliphatic carbocycles. The zero-order valence-electron chi connectivity index (χ0n) is 18.2. The van der Waals surface area contributed by atoms with Crippen molar-refractivity contribution in [3.05, 3.63) is 83.2 Å². The van der Waals surface area contributed by atoms with Crippen LogP contribution in [0.3, 0.4) is 0 Å². The van der Waals surface area contributed by atoms with E-state index in [1.807, 2.05) is 38.1 Å². The third kappa shape index (κ3) is 4.62. The molecule has 2 aromatic carbocycles. The maximum absolute atomic E-state index is 13.0. The summed E-state index contributed by atoms with van der Waals surface area (Å²) in [5.74, 6) is -0.265. The van der Waals surface area contributed by atoms with Gasteiger partial charge < -0.3 is 14.6 Å². The molecule has 1 aliphatic rings. The van der Waals surface area contributed by atoms with E-state index in [-0.39, 0.29) is 10.8 Å². The predicted octanol–water partition coefficient (Wildman–Crippen LogP) is 3.43. The molecule has 4 rings (SSSR count). The summed E-state index contributed by atoms with van der Waals surface area (Å²) in [4.78, 5) is 13.2. The summed E-state index contributed by atoms with van der Waals surface area (Å²) < 4.78 is 34.6. The molecular weight excluding hydrogens is 426 g/mol. The number of aromatic nitrogens is 1. The molecule has 1 aliphatic heterocycles. The number of nitrogens with one attached hydrogen (secondary N) is 1. The van der Waals surface area contributed by atoms with E-state index in [9.17, 15) is 13.2 Å². The number of hydrogen-bond acceptors (Lipinski definition) is 4. The molecule has 1 saturated heterocycles. The Morgan fingerprint density at radius 2 is 1.72 bits per heavy atom. The van der Waals surface area contributed by atoms with E-state index in [1.54, 1.807) is 18.2 Å². The molecule has 3 aromatic rings. The molecule has 0 atom stereocenters. The van der Waals surface area contributed by atoms with Crippen LogP contribution in [0, 0.1) is 13.8 Å². The lowest BCUT2D eigenvalue weighted by Gasteiger charge is -2.26. The van der Waals surface area contributed by atoms with Gasteiger partial charge in [0.2, 0.25) is 10.0 Å². The fraction of sp³-hybridized carbons (Fsp3) is 0.292. The molecule has 0 radical (unpaired) electrons. The van der Waals surface area contributed by atoms with E-state index in [2.05, 4.69) is 22.0 Å². The van der Waals surface area contributed by atoms with Gasteiger partial charge in [-0.1, -0.05) is 36.4 Å². The second kappa shape index (κ2) is 9.28. The number of carbonyl (C=O) groups excluding carboxylic acids is 1. The Hall–Kier alpha value is -2.94. The van der Waals surface area contributed by atoms with Crippen LogP contribution in [0.5, 0.6) is 0 Å². The number of ether oxygens (including phenoxy) is 1. The number of aryl methyl sites for hydroxylation is 1. The molecule has 1 aromatic heterocycles. The minimum atomic E-state index is -3.63. The van der Waals surface area contributed by atoms with Crippen molar-refractivity contribution in [2.75, 3.05) is 31.6 Å². The van der Waals surface area contributed by atoms with Gasteiger partial charge in [0.05, 0.1) is 23.7 Å². The molecule has 32 heavy (non-hydrogen) atoms. The Morgan fingerprint density at radius 3 is 2.44 bits per heavy atom. The second-order valence-electron chi connectivity index (χ2n) is 7.85. The van der Waals surface area contributed by atoms with E-state index >= 15 is 0 Å². The van der Waals surface area contributed by atoms with Gasteiger partial charge in [-0.05, 0) is 43.7 Å². The van der Waals surface area contributed by atoms with Gasteiger partial charge in [0.25, 0.3) is 5.91 Å². The standard InChI is InChI=1S/C24H27N3O4S/c1-18-15-23(19(2)27(18)17-20-7-4-3-5-8-20)24(28)25-21-9-6-10-22(16-21)32(29,30)26-11-13-31-14-12-26/h3-10,15-16H,11-14,17H2,1-2H3,(H,25,28). The molecule has 2 heterocycles. The Balaban J connectivity index is 1.53. The third-order valence-electron chi connectivity index (χ3n) is 5.70. The lowest BCUT2D eigenvalue weighted by molar-refractivity contribution is 0.0730. The quantitative estimate of drug-likeness (QED) is 0.620. The monoisotopic (exact) mass is 453 g/mol. The summed E-state index contributed by atoms with van der Waals surface area (Å²) in [5.41, 5.74) is 4.01. The number of nitrogens with zero attached hydrogens (tertiary/aromatic N) is 2. The van der Waals surface area contributed by atoms with Crippen LogP contribution in [-0.2, 0) is 21.3 Å². The molecule has 1 amide bonds.